The van der Waals surface area contributed by atoms with Crippen LogP contribution >= 0.6 is 0 Å². The number of nitrogens with one attached hydrogen (secondary N) is 1. The molecule has 0 unspecified atom stereocenters. The first kappa shape index (κ1) is 15.7. The van der Waals surface area contributed by atoms with Crippen LogP contribution in [0.5, 0.6) is 5.88 Å². The number of methoxy groups -OCH3 is 1. The molecule has 1 amide bonds. The average molecular weight is 322 g/mol. The van der Waals surface area contributed by atoms with Crippen molar-refractivity contribution in [2.45, 2.75) is 6.42 Å². The van der Waals surface area contributed by atoms with Crippen LogP contribution in [0.1, 0.15) is 15.9 Å². The number of amides is 1. The molecule has 0 saturated heterocycles. The zero-order valence-corrected chi connectivity index (χ0v) is 13.3. The molecule has 0 saturated carbocycles. The smallest absolute Gasteiger partial charge is 0.256 e. The summed E-state index contributed by atoms with van der Waals surface area (Å²) < 4.78 is 6.91. The lowest BCUT2D eigenvalue weighted by atomic mass is 10.1. The van der Waals surface area contributed by atoms with E-state index < -0.39 is 0 Å². The van der Waals surface area contributed by atoms with Gasteiger partial charge in [-0.05, 0) is 42.3 Å². The zero-order valence-electron chi connectivity index (χ0n) is 13.3. The highest BCUT2D eigenvalue weighted by Gasteiger charge is 2.11. The number of ether oxygens (including phenoxy) is 1. The minimum absolute atomic E-state index is 0.187. The van der Waals surface area contributed by atoms with E-state index in [9.17, 15) is 4.79 Å². The molecule has 0 spiro atoms. The maximum Gasteiger partial charge on any atom is 0.256 e. The van der Waals surface area contributed by atoms with Gasteiger partial charge in [-0.3, -0.25) is 4.79 Å². The highest BCUT2D eigenvalue weighted by atomic mass is 16.5. The van der Waals surface area contributed by atoms with Gasteiger partial charge in [0.15, 0.2) is 0 Å². The summed E-state index contributed by atoms with van der Waals surface area (Å²) in [6, 6.07) is 13.4. The Balaban J connectivity index is 1.55. The van der Waals surface area contributed by atoms with E-state index in [4.69, 9.17) is 4.74 Å². The quantitative estimate of drug-likeness (QED) is 0.756. The van der Waals surface area contributed by atoms with Crippen molar-refractivity contribution in [2.75, 3.05) is 13.7 Å². The van der Waals surface area contributed by atoms with Gasteiger partial charge in [0.2, 0.25) is 5.88 Å². The van der Waals surface area contributed by atoms with Crippen molar-refractivity contribution in [1.82, 2.24) is 20.1 Å². The van der Waals surface area contributed by atoms with Gasteiger partial charge in [-0.2, -0.15) is 5.10 Å². The predicted octanol–water partition coefficient (Wildman–Crippen LogP) is 2.25. The molecule has 0 fully saturated rings. The summed E-state index contributed by atoms with van der Waals surface area (Å²) in [7, 11) is 1.50. The molecule has 1 aromatic carbocycles. The summed E-state index contributed by atoms with van der Waals surface area (Å²) in [5.41, 5.74) is 2.59. The van der Waals surface area contributed by atoms with E-state index >= 15 is 0 Å². The molecule has 1 N–H and O–H groups in total. The lowest BCUT2D eigenvalue weighted by Gasteiger charge is -2.08. The van der Waals surface area contributed by atoms with E-state index in [1.165, 1.54) is 7.11 Å². The number of hydrogen-bond donors (Lipinski definition) is 1. The third-order valence-corrected chi connectivity index (χ3v) is 3.61. The van der Waals surface area contributed by atoms with Crippen LogP contribution < -0.4 is 10.1 Å². The van der Waals surface area contributed by atoms with E-state index in [0.29, 0.717) is 18.0 Å². The van der Waals surface area contributed by atoms with E-state index in [0.717, 1.165) is 17.7 Å². The van der Waals surface area contributed by atoms with Gasteiger partial charge in [0, 0.05) is 25.1 Å². The highest BCUT2D eigenvalue weighted by molar-refractivity contribution is 5.96. The van der Waals surface area contributed by atoms with Gasteiger partial charge in [0.25, 0.3) is 5.91 Å². The highest BCUT2D eigenvalue weighted by Crippen LogP contribution is 2.13. The summed E-state index contributed by atoms with van der Waals surface area (Å²) in [5.74, 6) is 0.145. The molecule has 0 radical (unpaired) electrons. The number of benzene rings is 1. The summed E-state index contributed by atoms with van der Waals surface area (Å²) in [6.45, 7) is 0.540. The van der Waals surface area contributed by atoms with Crippen LogP contribution in [0.2, 0.25) is 0 Å². The largest absolute Gasteiger partial charge is 0.480 e. The van der Waals surface area contributed by atoms with Gasteiger partial charge in [-0.25, -0.2) is 9.67 Å². The fraction of sp³-hybridized carbons (Fsp3) is 0.167. The van der Waals surface area contributed by atoms with Crippen LogP contribution in [0, 0.1) is 0 Å². The van der Waals surface area contributed by atoms with Gasteiger partial charge in [-0.15, -0.1) is 0 Å². The van der Waals surface area contributed by atoms with Crippen molar-refractivity contribution in [3.05, 3.63) is 72.2 Å². The first-order valence-electron chi connectivity index (χ1n) is 7.64. The van der Waals surface area contributed by atoms with Crippen LogP contribution in [-0.2, 0) is 6.42 Å². The van der Waals surface area contributed by atoms with Gasteiger partial charge >= 0.3 is 0 Å². The SMILES string of the molecule is COc1ncccc1C(=O)NCCc1ccc(-n2cccn2)cc1. The molecular formula is C18H18N4O2. The Bertz CT molecular complexity index is 798. The molecular weight excluding hydrogens is 304 g/mol. The van der Waals surface area contributed by atoms with E-state index in [-0.39, 0.29) is 5.91 Å². The zero-order chi connectivity index (χ0) is 16.8. The van der Waals surface area contributed by atoms with Crippen molar-refractivity contribution >= 4 is 5.91 Å². The first-order valence-corrected chi connectivity index (χ1v) is 7.64. The molecule has 0 atom stereocenters. The molecule has 24 heavy (non-hydrogen) atoms. The Morgan fingerprint density at radius 1 is 1.17 bits per heavy atom. The van der Waals surface area contributed by atoms with Crippen LogP contribution in [0.4, 0.5) is 0 Å². The number of rotatable bonds is 6. The van der Waals surface area contributed by atoms with Crippen LogP contribution in [-0.4, -0.2) is 34.3 Å². The molecule has 2 aromatic heterocycles. The molecule has 122 valence electrons. The standard InChI is InChI=1S/C18H18N4O2/c1-24-18-16(4-2-10-20-18)17(23)19-12-9-14-5-7-15(8-6-14)22-13-3-11-21-22/h2-8,10-11,13H,9,12H2,1H3,(H,19,23). The maximum atomic E-state index is 12.2. The molecule has 0 aliphatic carbocycles. The molecule has 0 bridgehead atoms. The summed E-state index contributed by atoms with van der Waals surface area (Å²) in [6.07, 6.45) is 5.98. The van der Waals surface area contributed by atoms with E-state index in [2.05, 4.69) is 15.4 Å². The van der Waals surface area contributed by atoms with Gasteiger partial charge in [-0.1, -0.05) is 12.1 Å². The monoisotopic (exact) mass is 322 g/mol. The second-order valence-corrected chi connectivity index (χ2v) is 5.18. The minimum Gasteiger partial charge on any atom is -0.480 e. The molecule has 3 aromatic rings. The lowest BCUT2D eigenvalue weighted by Crippen LogP contribution is -2.26. The number of nitrogens with zero attached hydrogens (tertiary/aromatic N) is 3. The fourth-order valence-corrected chi connectivity index (χ4v) is 2.38. The molecule has 0 aliphatic rings. The Labute approximate surface area is 140 Å². The normalized spacial score (nSPS) is 10.4. The molecule has 6 nitrogen and oxygen atoms in total. The fourth-order valence-electron chi connectivity index (χ4n) is 2.38. The number of aromatic nitrogens is 3. The minimum atomic E-state index is -0.187. The topological polar surface area (TPSA) is 69.0 Å². The number of pyridine rings is 1. The second-order valence-electron chi connectivity index (χ2n) is 5.18. The Hall–Kier alpha value is -3.15. The number of hydrogen-bond acceptors (Lipinski definition) is 4. The van der Waals surface area contributed by atoms with E-state index in [1.54, 1.807) is 29.2 Å². The Morgan fingerprint density at radius 2 is 2.00 bits per heavy atom. The number of carbonyl (C=O) groups is 1. The molecule has 6 heteroatoms. The summed E-state index contributed by atoms with van der Waals surface area (Å²) >= 11 is 0. The Kier molecular flexibility index (Phi) is 4.86. The third-order valence-electron chi connectivity index (χ3n) is 3.61. The van der Waals surface area contributed by atoms with Crippen LogP contribution in [0.25, 0.3) is 5.69 Å². The predicted molar refractivity (Wildman–Crippen MR) is 90.4 cm³/mol. The van der Waals surface area contributed by atoms with Crippen LogP contribution in [0.15, 0.2) is 61.1 Å². The number of carbonyl (C=O) groups excluding carboxylic acids is 1. The van der Waals surface area contributed by atoms with Crippen molar-refractivity contribution < 1.29 is 9.53 Å². The first-order chi connectivity index (χ1) is 11.8. The molecule has 3 rings (SSSR count). The van der Waals surface area contributed by atoms with Gasteiger partial charge < -0.3 is 10.1 Å². The third kappa shape index (κ3) is 3.60. The molecule has 2 heterocycles. The van der Waals surface area contributed by atoms with Crippen LogP contribution in [0.3, 0.4) is 0 Å². The van der Waals surface area contributed by atoms with Crippen molar-refractivity contribution in [3.63, 3.8) is 0 Å². The van der Waals surface area contributed by atoms with Crippen molar-refractivity contribution in [1.29, 1.82) is 0 Å². The molecule has 0 aliphatic heterocycles. The van der Waals surface area contributed by atoms with Gasteiger partial charge in [0.1, 0.15) is 5.56 Å². The van der Waals surface area contributed by atoms with Gasteiger partial charge in [0.05, 0.1) is 12.8 Å². The average Bonchev–Trinajstić information content (AvgIpc) is 3.17. The summed E-state index contributed by atoms with van der Waals surface area (Å²) in [4.78, 5) is 16.2. The second kappa shape index (κ2) is 7.41. The Morgan fingerprint density at radius 3 is 2.71 bits per heavy atom. The van der Waals surface area contributed by atoms with Crippen molar-refractivity contribution in [2.24, 2.45) is 0 Å². The van der Waals surface area contributed by atoms with E-state index in [1.807, 2.05) is 36.5 Å². The summed E-state index contributed by atoms with van der Waals surface area (Å²) in [5, 5.41) is 7.08. The maximum absolute atomic E-state index is 12.2. The lowest BCUT2D eigenvalue weighted by molar-refractivity contribution is 0.0950. The van der Waals surface area contributed by atoms with Crippen molar-refractivity contribution in [3.8, 4) is 11.6 Å².